The fourth-order valence-corrected chi connectivity index (χ4v) is 4.60. The molecule has 188 valence electrons. The van der Waals surface area contributed by atoms with Crippen LogP contribution in [0.4, 0.5) is 18.9 Å². The summed E-state index contributed by atoms with van der Waals surface area (Å²) in [6, 6.07) is 14.2. The van der Waals surface area contributed by atoms with Crippen LogP contribution in [0.15, 0.2) is 53.5 Å². The number of hydrogen-bond donors (Lipinski definition) is 4. The first kappa shape index (κ1) is 28.0. The number of nitrogens with zero attached hydrogens (tertiary/aromatic N) is 1. The molecule has 1 aliphatic carbocycles. The molecular formula is C23H30Cl2F3N5O. The molecule has 6 nitrogen and oxygen atoms in total. The van der Waals surface area contributed by atoms with Gasteiger partial charge in [0.25, 0.3) is 0 Å². The van der Waals surface area contributed by atoms with E-state index in [9.17, 15) is 13.2 Å². The maximum Gasteiger partial charge on any atom is 0.573 e. The molecule has 2 aliphatic rings. The summed E-state index contributed by atoms with van der Waals surface area (Å²) in [5.41, 5.74) is 15.1. The average molecular weight is 520 g/mol. The number of anilines is 1. The van der Waals surface area contributed by atoms with E-state index in [1.165, 1.54) is 12.1 Å². The minimum absolute atomic E-state index is 0. The van der Waals surface area contributed by atoms with Crippen molar-refractivity contribution in [3.8, 4) is 5.75 Å². The smallest absolute Gasteiger partial charge is 0.406 e. The third-order valence-electron chi connectivity index (χ3n) is 6.22. The first-order valence-corrected chi connectivity index (χ1v) is 10.8. The molecule has 2 aromatic rings. The molecule has 1 saturated carbocycles. The summed E-state index contributed by atoms with van der Waals surface area (Å²) in [6.07, 6.45) is -0.695. The molecule has 2 aromatic carbocycles. The van der Waals surface area contributed by atoms with Gasteiger partial charge in [-0.1, -0.05) is 30.3 Å². The Hall–Kier alpha value is -2.20. The Kier molecular flexibility index (Phi) is 9.47. The van der Waals surface area contributed by atoms with Crippen molar-refractivity contribution in [3.63, 3.8) is 0 Å². The van der Waals surface area contributed by atoms with Gasteiger partial charge in [-0.25, -0.2) is 4.99 Å². The maximum absolute atomic E-state index is 12.6. The van der Waals surface area contributed by atoms with Crippen LogP contribution in [0.1, 0.15) is 36.8 Å². The number of rotatable bonds is 6. The monoisotopic (exact) mass is 519 g/mol. The van der Waals surface area contributed by atoms with Gasteiger partial charge in [-0.05, 0) is 62.4 Å². The first-order valence-electron chi connectivity index (χ1n) is 10.8. The number of alkyl halides is 3. The van der Waals surface area contributed by atoms with Crippen molar-refractivity contribution in [2.75, 3.05) is 11.9 Å². The van der Waals surface area contributed by atoms with E-state index in [-0.39, 0.29) is 42.5 Å². The van der Waals surface area contributed by atoms with Gasteiger partial charge in [0.05, 0.1) is 0 Å². The Morgan fingerprint density at radius 2 is 1.68 bits per heavy atom. The van der Waals surface area contributed by atoms with Crippen molar-refractivity contribution in [1.82, 2.24) is 5.32 Å². The second-order valence-corrected chi connectivity index (χ2v) is 8.40. The van der Waals surface area contributed by atoms with Gasteiger partial charge < -0.3 is 21.1 Å². The van der Waals surface area contributed by atoms with Crippen molar-refractivity contribution in [2.24, 2.45) is 22.4 Å². The van der Waals surface area contributed by atoms with Gasteiger partial charge in [-0.2, -0.15) is 0 Å². The lowest BCUT2D eigenvalue weighted by molar-refractivity contribution is -0.274. The Morgan fingerprint density at radius 1 is 1.03 bits per heavy atom. The Bertz CT molecular complexity index is 983. The summed E-state index contributed by atoms with van der Waals surface area (Å²) in [5, 5.41) is 6.82. The standard InChI is InChI=1S/C23H28F3N5O.2ClH/c24-23(25,26)32-20-8-4-1-5-15(20)13-14-29-17-11-9-16(10-12-17)22(28)30-19-7-3-2-6-18(19)21(27)31-22;;/h1-8,16-17,29-30H,9-14,28H2,(H2,27,31);2*1H. The van der Waals surface area contributed by atoms with Gasteiger partial charge in [-0.3, -0.25) is 5.73 Å². The van der Waals surface area contributed by atoms with E-state index < -0.39 is 12.1 Å². The highest BCUT2D eigenvalue weighted by Gasteiger charge is 2.40. The third-order valence-corrected chi connectivity index (χ3v) is 6.22. The minimum atomic E-state index is -4.69. The summed E-state index contributed by atoms with van der Waals surface area (Å²) in [5.74, 6) is -0.498. The fourth-order valence-electron chi connectivity index (χ4n) is 4.60. The van der Waals surface area contributed by atoms with Gasteiger partial charge in [0.2, 0.25) is 0 Å². The molecule has 4 rings (SSSR count). The van der Waals surface area contributed by atoms with E-state index in [4.69, 9.17) is 11.5 Å². The van der Waals surface area contributed by atoms with Crippen LogP contribution in [0.5, 0.6) is 5.75 Å². The van der Waals surface area contributed by atoms with E-state index in [1.807, 2.05) is 24.3 Å². The highest BCUT2D eigenvalue weighted by atomic mass is 35.5. The summed E-state index contributed by atoms with van der Waals surface area (Å²) in [6.45, 7) is 0.568. The molecule has 0 aromatic heterocycles. The summed E-state index contributed by atoms with van der Waals surface area (Å²) >= 11 is 0. The van der Waals surface area contributed by atoms with Gasteiger partial charge in [-0.15, -0.1) is 38.0 Å². The molecule has 0 saturated heterocycles. The molecule has 1 aliphatic heterocycles. The molecule has 0 bridgehead atoms. The van der Waals surface area contributed by atoms with Gasteiger partial charge in [0, 0.05) is 23.2 Å². The molecule has 6 N–H and O–H groups in total. The molecule has 1 heterocycles. The number of fused-ring (bicyclic) bond motifs is 1. The van der Waals surface area contributed by atoms with Crippen LogP contribution in [0.3, 0.4) is 0 Å². The highest BCUT2D eigenvalue weighted by Crippen LogP contribution is 2.36. The summed E-state index contributed by atoms with van der Waals surface area (Å²) in [7, 11) is 0. The lowest BCUT2D eigenvalue weighted by atomic mass is 9.81. The molecule has 34 heavy (non-hydrogen) atoms. The fraction of sp³-hybridized carbons (Fsp3) is 0.435. The molecule has 1 unspecified atom stereocenters. The van der Waals surface area contributed by atoms with Gasteiger partial charge in [0.1, 0.15) is 11.6 Å². The van der Waals surface area contributed by atoms with Crippen LogP contribution >= 0.6 is 24.8 Å². The lowest BCUT2D eigenvalue weighted by Gasteiger charge is -2.42. The Balaban J connectivity index is 0.00000204. The Morgan fingerprint density at radius 3 is 2.38 bits per heavy atom. The van der Waals surface area contributed by atoms with Crippen molar-refractivity contribution < 1.29 is 17.9 Å². The lowest BCUT2D eigenvalue weighted by Crippen LogP contribution is -2.57. The average Bonchev–Trinajstić information content (AvgIpc) is 2.74. The number of nitrogens with two attached hydrogens (primary N) is 2. The number of aliphatic imine (C=N–C) groups is 1. The van der Waals surface area contributed by atoms with Crippen LogP contribution in [0.2, 0.25) is 0 Å². The summed E-state index contributed by atoms with van der Waals surface area (Å²) < 4.78 is 41.9. The van der Waals surface area contributed by atoms with Gasteiger partial charge >= 0.3 is 6.36 Å². The normalized spacial score (nSPS) is 23.9. The van der Waals surface area contributed by atoms with Crippen molar-refractivity contribution in [2.45, 2.75) is 50.3 Å². The predicted octanol–water partition coefficient (Wildman–Crippen LogP) is 4.56. The van der Waals surface area contributed by atoms with Crippen molar-refractivity contribution >= 4 is 36.3 Å². The molecule has 0 radical (unpaired) electrons. The van der Waals surface area contributed by atoms with Crippen LogP contribution in [0, 0.1) is 5.92 Å². The van der Waals surface area contributed by atoms with E-state index in [1.54, 1.807) is 12.1 Å². The predicted molar refractivity (Wildman–Crippen MR) is 133 cm³/mol. The highest BCUT2D eigenvalue weighted by molar-refractivity contribution is 6.04. The second kappa shape index (κ2) is 11.5. The van der Waals surface area contributed by atoms with E-state index >= 15 is 0 Å². The van der Waals surface area contributed by atoms with Crippen molar-refractivity contribution in [1.29, 1.82) is 0 Å². The number of nitrogens with one attached hydrogen (secondary N) is 2. The van der Waals surface area contributed by atoms with Gasteiger partial charge in [0.15, 0.2) is 5.79 Å². The van der Waals surface area contributed by atoms with E-state index in [0.717, 1.165) is 36.9 Å². The topological polar surface area (TPSA) is 97.7 Å². The number of halogens is 5. The maximum atomic E-state index is 12.6. The molecular weight excluding hydrogens is 490 g/mol. The van der Waals surface area contributed by atoms with Crippen LogP contribution in [-0.4, -0.2) is 30.6 Å². The largest absolute Gasteiger partial charge is 0.573 e. The van der Waals surface area contributed by atoms with Crippen LogP contribution in [0.25, 0.3) is 0 Å². The number of hydrogen-bond acceptors (Lipinski definition) is 6. The zero-order valence-electron chi connectivity index (χ0n) is 18.5. The van der Waals surface area contributed by atoms with Crippen molar-refractivity contribution in [3.05, 3.63) is 59.7 Å². The molecule has 0 amide bonds. The number of benzene rings is 2. The number of amidine groups is 1. The molecule has 1 fully saturated rings. The SMILES string of the molecule is Cl.Cl.NC1=NC(N)(C2CCC(NCCc3ccccc3OC(F)(F)F)CC2)Nc2ccccc21. The Labute approximate surface area is 209 Å². The molecule has 0 spiro atoms. The number of para-hydroxylation sites is 2. The van der Waals surface area contributed by atoms with Crippen LogP contribution in [-0.2, 0) is 6.42 Å². The van der Waals surface area contributed by atoms with E-state index in [2.05, 4.69) is 20.4 Å². The second-order valence-electron chi connectivity index (χ2n) is 8.40. The first-order chi connectivity index (χ1) is 15.2. The molecule has 11 heteroatoms. The minimum Gasteiger partial charge on any atom is -0.406 e. The third kappa shape index (κ3) is 6.69. The molecule has 1 atom stereocenters. The number of ether oxygens (including phenoxy) is 1. The van der Waals surface area contributed by atoms with Crippen LogP contribution < -0.4 is 26.8 Å². The van der Waals surface area contributed by atoms with E-state index in [0.29, 0.717) is 24.4 Å². The zero-order valence-corrected chi connectivity index (χ0v) is 20.1. The zero-order chi connectivity index (χ0) is 22.8. The quantitative estimate of drug-likeness (QED) is 0.448. The summed E-state index contributed by atoms with van der Waals surface area (Å²) in [4.78, 5) is 4.58.